The van der Waals surface area contributed by atoms with Crippen molar-refractivity contribution in [3.63, 3.8) is 0 Å². The van der Waals surface area contributed by atoms with Gasteiger partial charge in [-0.2, -0.15) is 13.2 Å². The molecule has 0 saturated carbocycles. The number of likely N-dealkylation sites (tertiary alicyclic amines) is 1. The number of nitrogens with one attached hydrogen (secondary N) is 1. The number of rotatable bonds is 8. The molecule has 1 unspecified atom stereocenters. The van der Waals surface area contributed by atoms with Crippen molar-refractivity contribution in [2.75, 3.05) is 33.7 Å². The molecule has 0 aliphatic carbocycles. The van der Waals surface area contributed by atoms with Crippen LogP contribution in [0.4, 0.5) is 13.2 Å². The number of benzene rings is 2. The zero-order valence-electron chi connectivity index (χ0n) is 19.6. The zero-order chi connectivity index (χ0) is 25.9. The lowest BCUT2D eigenvalue weighted by molar-refractivity contribution is -0.137. The van der Waals surface area contributed by atoms with Crippen LogP contribution in [-0.4, -0.2) is 59.8 Å². The van der Waals surface area contributed by atoms with Crippen LogP contribution in [-0.2, 0) is 26.2 Å². The first-order valence-electron chi connectivity index (χ1n) is 11.3. The highest BCUT2D eigenvalue weighted by Crippen LogP contribution is 2.30. The Bertz CT molecular complexity index is 1190. The van der Waals surface area contributed by atoms with Gasteiger partial charge in [0, 0.05) is 26.7 Å². The first-order chi connectivity index (χ1) is 16.3. The van der Waals surface area contributed by atoms with E-state index in [1.165, 1.54) is 26.2 Å². The van der Waals surface area contributed by atoms with E-state index < -0.39 is 31.8 Å². The van der Waals surface area contributed by atoms with Gasteiger partial charge in [-0.3, -0.25) is 4.90 Å². The van der Waals surface area contributed by atoms with Crippen LogP contribution >= 0.6 is 0 Å². The highest BCUT2D eigenvalue weighted by Gasteiger charge is 2.31. The molecule has 0 aromatic heterocycles. The minimum absolute atomic E-state index is 0.0108. The normalized spacial score (nSPS) is 17.3. The maximum Gasteiger partial charge on any atom is 0.416 e. The van der Waals surface area contributed by atoms with E-state index >= 15 is 0 Å². The van der Waals surface area contributed by atoms with Crippen LogP contribution in [0.5, 0.6) is 0 Å². The summed E-state index contributed by atoms with van der Waals surface area (Å²) in [5.41, 5.74) is -0.175. The molecule has 1 saturated heterocycles. The third kappa shape index (κ3) is 6.82. The van der Waals surface area contributed by atoms with Gasteiger partial charge in [0.05, 0.1) is 15.4 Å². The molecule has 7 nitrogen and oxygen atoms in total. The summed E-state index contributed by atoms with van der Waals surface area (Å²) in [6.07, 6.45) is -0.509. The minimum Gasteiger partial charge on any atom is -0.295 e. The minimum atomic E-state index is -4.56. The van der Waals surface area contributed by atoms with Gasteiger partial charge in [0.2, 0.25) is 20.0 Å². The van der Waals surface area contributed by atoms with E-state index in [4.69, 9.17) is 0 Å². The Hall–Kier alpha value is -1.99. The molecule has 12 heteroatoms. The molecular formula is C23H30F3N3O4S2. The predicted octanol–water partition coefficient (Wildman–Crippen LogP) is 3.85. The molecule has 2 aromatic rings. The largest absolute Gasteiger partial charge is 0.416 e. The van der Waals surface area contributed by atoms with Crippen LogP contribution in [0.2, 0.25) is 0 Å². The Labute approximate surface area is 205 Å². The fraction of sp³-hybridized carbons (Fsp3) is 0.478. The number of nitrogens with zero attached hydrogens (tertiary/aromatic N) is 2. The molecular weight excluding hydrogens is 503 g/mol. The zero-order valence-corrected chi connectivity index (χ0v) is 21.3. The van der Waals surface area contributed by atoms with Crippen LogP contribution in [0, 0.1) is 0 Å². The van der Waals surface area contributed by atoms with E-state index in [1.54, 1.807) is 12.1 Å². The fourth-order valence-electron chi connectivity index (χ4n) is 4.03. The van der Waals surface area contributed by atoms with Gasteiger partial charge >= 0.3 is 6.18 Å². The van der Waals surface area contributed by atoms with Crippen molar-refractivity contribution in [2.45, 2.75) is 47.7 Å². The predicted molar refractivity (Wildman–Crippen MR) is 127 cm³/mol. The van der Waals surface area contributed by atoms with Crippen LogP contribution < -0.4 is 4.72 Å². The van der Waals surface area contributed by atoms with Gasteiger partial charge in [0.1, 0.15) is 0 Å². The van der Waals surface area contributed by atoms with Gasteiger partial charge in [-0.25, -0.2) is 25.9 Å². The molecule has 35 heavy (non-hydrogen) atoms. The van der Waals surface area contributed by atoms with Gasteiger partial charge in [-0.1, -0.05) is 25.0 Å². The highest BCUT2D eigenvalue weighted by atomic mass is 32.2. The summed E-state index contributed by atoms with van der Waals surface area (Å²) in [6.45, 7) is 1.50. The lowest BCUT2D eigenvalue weighted by atomic mass is 10.1. The first kappa shape index (κ1) is 27.6. The highest BCUT2D eigenvalue weighted by molar-refractivity contribution is 7.89. The monoisotopic (exact) mass is 533 g/mol. The molecule has 1 aliphatic heterocycles. The van der Waals surface area contributed by atoms with Crippen LogP contribution in [0.3, 0.4) is 0 Å². The molecule has 1 heterocycles. The summed E-state index contributed by atoms with van der Waals surface area (Å²) in [4.78, 5) is 2.04. The van der Waals surface area contributed by atoms with Gasteiger partial charge in [0.15, 0.2) is 0 Å². The van der Waals surface area contributed by atoms with Crippen molar-refractivity contribution in [1.82, 2.24) is 13.9 Å². The third-order valence-electron chi connectivity index (χ3n) is 6.08. The molecule has 0 bridgehead atoms. The lowest BCUT2D eigenvalue weighted by Gasteiger charge is -2.31. The van der Waals surface area contributed by atoms with E-state index in [9.17, 15) is 30.0 Å². The molecule has 194 valence electrons. The molecule has 2 aromatic carbocycles. The second-order valence-corrected chi connectivity index (χ2v) is 12.6. The molecule has 3 rings (SSSR count). The molecule has 0 amide bonds. The maximum atomic E-state index is 12.8. The summed E-state index contributed by atoms with van der Waals surface area (Å²) in [7, 11) is -4.78. The van der Waals surface area contributed by atoms with Crippen LogP contribution in [0.1, 0.15) is 42.9 Å². The second kappa shape index (κ2) is 11.0. The number of hydrogen-bond acceptors (Lipinski definition) is 5. The van der Waals surface area contributed by atoms with Gasteiger partial charge in [0.25, 0.3) is 0 Å². The third-order valence-corrected chi connectivity index (χ3v) is 9.35. The first-order valence-corrected chi connectivity index (χ1v) is 14.2. The van der Waals surface area contributed by atoms with Crippen LogP contribution in [0.15, 0.2) is 58.3 Å². The average Bonchev–Trinajstić information content (AvgIpc) is 3.08. The molecule has 0 spiro atoms. The van der Waals surface area contributed by atoms with Crippen molar-refractivity contribution in [3.05, 3.63) is 59.7 Å². The quantitative estimate of drug-likeness (QED) is 0.557. The Morgan fingerprint density at radius 3 is 1.86 bits per heavy atom. The van der Waals surface area contributed by atoms with Crippen molar-refractivity contribution >= 4 is 20.0 Å². The Morgan fingerprint density at radius 1 is 0.857 bits per heavy atom. The SMILES string of the molecule is CN(C)S(=O)(=O)c1ccc(C(CNS(=O)(=O)c2ccc(C(F)(F)F)cc2)N2CCCCCC2)cc1. The summed E-state index contributed by atoms with van der Waals surface area (Å²) >= 11 is 0. The number of hydrogen-bond donors (Lipinski definition) is 1. The van der Waals surface area contributed by atoms with E-state index in [-0.39, 0.29) is 22.4 Å². The van der Waals surface area contributed by atoms with Gasteiger partial charge < -0.3 is 0 Å². The Kier molecular flexibility index (Phi) is 8.64. The standard InChI is InChI=1S/C23H30F3N3O4S2/c1-28(2)35(32,33)21-11-7-18(8-12-21)22(29-15-5-3-4-6-16-29)17-27-34(30,31)20-13-9-19(10-14-20)23(24,25)26/h7-14,22,27H,3-6,15-17H2,1-2H3. The molecule has 1 fully saturated rings. The van der Waals surface area contributed by atoms with Crippen molar-refractivity contribution in [3.8, 4) is 0 Å². The second-order valence-electron chi connectivity index (χ2n) is 8.70. The van der Waals surface area contributed by atoms with Crippen molar-refractivity contribution in [1.29, 1.82) is 0 Å². The summed E-state index contributed by atoms with van der Waals surface area (Å²) in [6, 6.07) is 9.35. The van der Waals surface area contributed by atoms with E-state index in [0.29, 0.717) is 0 Å². The van der Waals surface area contributed by atoms with Gasteiger partial charge in [-0.15, -0.1) is 0 Å². The molecule has 0 radical (unpaired) electrons. The summed E-state index contributed by atoms with van der Waals surface area (Å²) in [5.74, 6) is 0. The fourth-order valence-corrected chi connectivity index (χ4v) is 5.97. The topological polar surface area (TPSA) is 86.8 Å². The lowest BCUT2D eigenvalue weighted by Crippen LogP contribution is -2.38. The smallest absolute Gasteiger partial charge is 0.295 e. The summed E-state index contributed by atoms with van der Waals surface area (Å²) in [5, 5.41) is 0. The molecule has 1 aliphatic rings. The summed E-state index contributed by atoms with van der Waals surface area (Å²) < 4.78 is 92.7. The van der Waals surface area contributed by atoms with Gasteiger partial charge in [-0.05, 0) is 67.9 Å². The van der Waals surface area contributed by atoms with E-state index in [0.717, 1.165) is 72.9 Å². The Balaban J connectivity index is 1.85. The van der Waals surface area contributed by atoms with Crippen molar-refractivity contribution < 1.29 is 30.0 Å². The molecule has 1 atom stereocenters. The van der Waals surface area contributed by atoms with Crippen LogP contribution in [0.25, 0.3) is 0 Å². The number of alkyl halides is 3. The average molecular weight is 534 g/mol. The van der Waals surface area contributed by atoms with E-state index in [1.807, 2.05) is 0 Å². The maximum absolute atomic E-state index is 12.8. The number of halogens is 3. The Morgan fingerprint density at radius 2 is 1.37 bits per heavy atom. The number of sulfonamides is 2. The van der Waals surface area contributed by atoms with E-state index in [2.05, 4.69) is 9.62 Å². The molecule has 1 N–H and O–H groups in total. The van der Waals surface area contributed by atoms with Crippen molar-refractivity contribution in [2.24, 2.45) is 0 Å².